The Labute approximate surface area is 147 Å². The van der Waals surface area contributed by atoms with E-state index in [2.05, 4.69) is 5.32 Å². The summed E-state index contributed by atoms with van der Waals surface area (Å²) < 4.78 is 24.3. The summed E-state index contributed by atoms with van der Waals surface area (Å²) >= 11 is 6.03. The lowest BCUT2D eigenvalue weighted by Crippen LogP contribution is -2.13. The Hall–Kier alpha value is -1.49. The van der Waals surface area contributed by atoms with Gasteiger partial charge in [-0.1, -0.05) is 36.7 Å². The van der Waals surface area contributed by atoms with Gasteiger partial charge in [-0.15, -0.1) is 12.4 Å². The number of methoxy groups -OCH3 is 1. The van der Waals surface area contributed by atoms with Crippen LogP contribution in [-0.4, -0.2) is 13.7 Å². The van der Waals surface area contributed by atoms with E-state index >= 15 is 0 Å². The van der Waals surface area contributed by atoms with Crippen molar-refractivity contribution in [1.29, 1.82) is 0 Å². The lowest BCUT2D eigenvalue weighted by atomic mass is 10.1. The Balaban J connectivity index is 0.00000264. The van der Waals surface area contributed by atoms with Crippen LogP contribution in [0.4, 0.5) is 4.39 Å². The molecule has 0 bridgehead atoms. The molecule has 1 N–H and O–H groups in total. The molecule has 0 aliphatic heterocycles. The molecule has 23 heavy (non-hydrogen) atoms. The van der Waals surface area contributed by atoms with Gasteiger partial charge in [0.1, 0.15) is 12.4 Å². The normalized spacial score (nSPS) is 10.1. The van der Waals surface area contributed by atoms with E-state index in [9.17, 15) is 4.39 Å². The molecule has 0 atom stereocenters. The molecule has 0 saturated carbocycles. The number of nitrogens with one attached hydrogen (secondary N) is 1. The largest absolute Gasteiger partial charge is 0.493 e. The summed E-state index contributed by atoms with van der Waals surface area (Å²) in [7, 11) is 1.60. The number of hydrogen-bond acceptors (Lipinski definition) is 3. The lowest BCUT2D eigenvalue weighted by Gasteiger charge is -2.16. The van der Waals surface area contributed by atoms with E-state index in [1.54, 1.807) is 13.2 Å². The van der Waals surface area contributed by atoms with Crippen LogP contribution in [0.25, 0.3) is 0 Å². The topological polar surface area (TPSA) is 30.5 Å². The molecule has 126 valence electrons. The first kappa shape index (κ1) is 19.6. The third-order valence-electron chi connectivity index (χ3n) is 3.23. The van der Waals surface area contributed by atoms with Crippen LogP contribution in [0, 0.1) is 5.82 Å². The van der Waals surface area contributed by atoms with E-state index < -0.39 is 0 Å². The van der Waals surface area contributed by atoms with Crippen molar-refractivity contribution < 1.29 is 13.9 Å². The Morgan fingerprint density at radius 3 is 2.61 bits per heavy atom. The molecule has 0 amide bonds. The van der Waals surface area contributed by atoms with Crippen LogP contribution in [0.5, 0.6) is 11.5 Å². The summed E-state index contributed by atoms with van der Waals surface area (Å²) in [5, 5.41) is 3.61. The summed E-state index contributed by atoms with van der Waals surface area (Å²) in [4.78, 5) is 0. The van der Waals surface area contributed by atoms with E-state index in [0.29, 0.717) is 23.1 Å². The highest BCUT2D eigenvalue weighted by Gasteiger charge is 2.11. The molecule has 0 aliphatic carbocycles. The molecule has 0 heterocycles. The zero-order chi connectivity index (χ0) is 15.9. The molecular formula is C17H20Cl2FNO2. The van der Waals surface area contributed by atoms with Gasteiger partial charge in [0.15, 0.2) is 11.5 Å². The second-order valence-corrected chi connectivity index (χ2v) is 5.16. The molecule has 3 nitrogen and oxygen atoms in total. The van der Waals surface area contributed by atoms with Crippen LogP contribution in [0.15, 0.2) is 36.4 Å². The van der Waals surface area contributed by atoms with Gasteiger partial charge in [-0.3, -0.25) is 0 Å². The molecule has 0 fully saturated rings. The van der Waals surface area contributed by atoms with Crippen molar-refractivity contribution in [3.63, 3.8) is 0 Å². The minimum Gasteiger partial charge on any atom is -0.493 e. The molecule has 0 saturated heterocycles. The van der Waals surface area contributed by atoms with E-state index in [4.69, 9.17) is 21.1 Å². The quantitative estimate of drug-likeness (QED) is 0.783. The fourth-order valence-electron chi connectivity index (χ4n) is 2.07. The SMILES string of the molecule is CCNCc1cccc(OC)c1OCc1ccc(F)cc1Cl.Cl. The van der Waals surface area contributed by atoms with Crippen molar-refractivity contribution in [3.05, 3.63) is 58.4 Å². The summed E-state index contributed by atoms with van der Waals surface area (Å²) in [6.45, 7) is 3.83. The molecule has 2 rings (SSSR count). The highest BCUT2D eigenvalue weighted by Crippen LogP contribution is 2.32. The van der Waals surface area contributed by atoms with Crippen LogP contribution in [0.3, 0.4) is 0 Å². The van der Waals surface area contributed by atoms with Crippen molar-refractivity contribution in [2.45, 2.75) is 20.1 Å². The molecule has 0 spiro atoms. The zero-order valence-corrected chi connectivity index (χ0v) is 14.6. The first-order valence-corrected chi connectivity index (χ1v) is 7.46. The molecule has 0 aromatic heterocycles. The van der Waals surface area contributed by atoms with Crippen molar-refractivity contribution >= 4 is 24.0 Å². The van der Waals surface area contributed by atoms with Gasteiger partial charge in [0.2, 0.25) is 0 Å². The minimum absolute atomic E-state index is 0. The molecule has 6 heteroatoms. The van der Waals surface area contributed by atoms with Gasteiger partial charge in [-0.25, -0.2) is 4.39 Å². The molecule has 0 aliphatic rings. The second kappa shape index (κ2) is 9.60. The smallest absolute Gasteiger partial charge is 0.166 e. The molecule has 0 unspecified atom stereocenters. The maximum atomic E-state index is 13.1. The third kappa shape index (κ3) is 5.27. The number of ether oxygens (including phenoxy) is 2. The average molecular weight is 360 g/mol. The number of hydrogen-bond donors (Lipinski definition) is 1. The van der Waals surface area contributed by atoms with Gasteiger partial charge >= 0.3 is 0 Å². The molecule has 2 aromatic carbocycles. The van der Waals surface area contributed by atoms with Crippen molar-refractivity contribution in [1.82, 2.24) is 5.32 Å². The lowest BCUT2D eigenvalue weighted by molar-refractivity contribution is 0.280. The summed E-state index contributed by atoms with van der Waals surface area (Å²) in [6, 6.07) is 10.0. The van der Waals surface area contributed by atoms with Crippen LogP contribution < -0.4 is 14.8 Å². The van der Waals surface area contributed by atoms with Gasteiger partial charge in [0.25, 0.3) is 0 Å². The number of para-hydroxylation sites is 1. The monoisotopic (exact) mass is 359 g/mol. The molecular weight excluding hydrogens is 340 g/mol. The van der Waals surface area contributed by atoms with E-state index in [-0.39, 0.29) is 24.8 Å². The summed E-state index contributed by atoms with van der Waals surface area (Å²) in [5.41, 5.74) is 1.72. The fraction of sp³-hybridized carbons (Fsp3) is 0.294. The van der Waals surface area contributed by atoms with Crippen LogP contribution >= 0.6 is 24.0 Å². The minimum atomic E-state index is -0.362. The maximum Gasteiger partial charge on any atom is 0.166 e. The Morgan fingerprint density at radius 1 is 1.17 bits per heavy atom. The Kier molecular flexibility index (Phi) is 8.17. The van der Waals surface area contributed by atoms with Gasteiger partial charge in [-0.05, 0) is 24.7 Å². The third-order valence-corrected chi connectivity index (χ3v) is 3.58. The number of rotatable bonds is 7. The van der Waals surface area contributed by atoms with Crippen LogP contribution in [0.2, 0.25) is 5.02 Å². The second-order valence-electron chi connectivity index (χ2n) is 4.75. The zero-order valence-electron chi connectivity index (χ0n) is 13.1. The standard InChI is InChI=1S/C17H19ClFNO2.ClH/c1-3-20-10-12-5-4-6-16(21-2)17(12)22-11-13-7-8-14(19)9-15(13)18;/h4-9,20H,3,10-11H2,1-2H3;1H. The maximum absolute atomic E-state index is 13.1. The number of halogens is 3. The van der Waals surface area contributed by atoms with E-state index in [1.165, 1.54) is 12.1 Å². The first-order chi connectivity index (χ1) is 10.7. The van der Waals surface area contributed by atoms with Gasteiger partial charge < -0.3 is 14.8 Å². The summed E-state index contributed by atoms with van der Waals surface area (Å²) in [6.07, 6.45) is 0. The van der Waals surface area contributed by atoms with Crippen LogP contribution in [-0.2, 0) is 13.2 Å². The van der Waals surface area contributed by atoms with Crippen molar-refractivity contribution in [3.8, 4) is 11.5 Å². The van der Waals surface area contributed by atoms with Crippen molar-refractivity contribution in [2.24, 2.45) is 0 Å². The molecule has 0 radical (unpaired) electrons. The van der Waals surface area contributed by atoms with E-state index in [0.717, 1.165) is 17.7 Å². The molecule has 2 aromatic rings. The van der Waals surface area contributed by atoms with Gasteiger partial charge in [0, 0.05) is 17.7 Å². The van der Waals surface area contributed by atoms with Crippen LogP contribution in [0.1, 0.15) is 18.1 Å². The number of benzene rings is 2. The highest BCUT2D eigenvalue weighted by atomic mass is 35.5. The van der Waals surface area contributed by atoms with E-state index in [1.807, 2.05) is 25.1 Å². The Bertz CT molecular complexity index is 638. The van der Waals surface area contributed by atoms with Crippen molar-refractivity contribution in [2.75, 3.05) is 13.7 Å². The first-order valence-electron chi connectivity index (χ1n) is 7.09. The summed E-state index contributed by atoms with van der Waals surface area (Å²) in [5.74, 6) is 0.971. The predicted octanol–water partition coefficient (Wildman–Crippen LogP) is 4.60. The Morgan fingerprint density at radius 2 is 1.96 bits per heavy atom. The average Bonchev–Trinajstić information content (AvgIpc) is 2.52. The fourth-order valence-corrected chi connectivity index (χ4v) is 2.30. The van der Waals surface area contributed by atoms with Gasteiger partial charge in [-0.2, -0.15) is 0 Å². The highest BCUT2D eigenvalue weighted by molar-refractivity contribution is 6.31. The van der Waals surface area contributed by atoms with Gasteiger partial charge in [0.05, 0.1) is 12.1 Å². The predicted molar refractivity (Wildman–Crippen MR) is 93.4 cm³/mol.